The van der Waals surface area contributed by atoms with Crippen molar-refractivity contribution in [1.82, 2.24) is 19.7 Å². The van der Waals surface area contributed by atoms with Crippen molar-refractivity contribution in [3.05, 3.63) is 28.8 Å². The standard InChI is InChI=1S/C18H23BrF2N4O2/c1-17(2,3)27-16(26)24-14(11-4-7-18(20,21)8-5-11)12-10-25-9-6-13(19)23-15(25)22-12/h6,9-11,14H,4-5,7-8H2,1-3H3,(H,24,26)/t14-/m0/s1. The average Bonchev–Trinajstić information content (AvgIpc) is 2.94. The molecule has 0 spiro atoms. The van der Waals surface area contributed by atoms with Crippen LogP contribution < -0.4 is 5.32 Å². The zero-order valence-corrected chi connectivity index (χ0v) is 17.1. The predicted molar refractivity (Wildman–Crippen MR) is 99.7 cm³/mol. The molecule has 1 amide bonds. The molecule has 0 radical (unpaired) electrons. The highest BCUT2D eigenvalue weighted by Crippen LogP contribution is 2.41. The van der Waals surface area contributed by atoms with Crippen LogP contribution >= 0.6 is 15.9 Å². The Hall–Kier alpha value is -1.77. The number of carbonyl (C=O) groups is 1. The van der Waals surface area contributed by atoms with Crippen LogP contribution in [0.25, 0.3) is 5.78 Å². The van der Waals surface area contributed by atoms with E-state index >= 15 is 0 Å². The monoisotopic (exact) mass is 444 g/mol. The number of nitrogens with zero attached hydrogens (tertiary/aromatic N) is 3. The predicted octanol–water partition coefficient (Wildman–Crippen LogP) is 4.88. The number of halogens is 3. The topological polar surface area (TPSA) is 68.5 Å². The Morgan fingerprint density at radius 1 is 1.37 bits per heavy atom. The number of fused-ring (bicyclic) bond motifs is 1. The molecule has 1 aliphatic rings. The Balaban J connectivity index is 1.87. The first-order valence-corrected chi connectivity index (χ1v) is 9.70. The van der Waals surface area contributed by atoms with Gasteiger partial charge in [-0.15, -0.1) is 0 Å². The third kappa shape index (κ3) is 5.15. The molecule has 0 aromatic carbocycles. The summed E-state index contributed by atoms with van der Waals surface area (Å²) in [5.74, 6) is -2.32. The number of aromatic nitrogens is 3. The number of hydrogen-bond donors (Lipinski definition) is 1. The summed E-state index contributed by atoms with van der Waals surface area (Å²) in [6.45, 7) is 5.32. The maximum Gasteiger partial charge on any atom is 0.408 e. The summed E-state index contributed by atoms with van der Waals surface area (Å²) in [5.41, 5.74) is -0.0683. The maximum atomic E-state index is 13.6. The molecule has 2 aromatic heterocycles. The smallest absolute Gasteiger partial charge is 0.408 e. The van der Waals surface area contributed by atoms with Gasteiger partial charge in [0.1, 0.15) is 10.2 Å². The molecular weight excluding hydrogens is 422 g/mol. The number of carbonyl (C=O) groups excluding carboxylic acids is 1. The number of amides is 1. The first kappa shape index (κ1) is 20.0. The van der Waals surface area contributed by atoms with Crippen LogP contribution in [0.5, 0.6) is 0 Å². The molecule has 0 bridgehead atoms. The molecule has 1 aliphatic carbocycles. The number of ether oxygens (including phenoxy) is 1. The second-order valence-corrected chi connectivity index (χ2v) is 8.75. The Labute approximate surface area is 164 Å². The van der Waals surface area contributed by atoms with Gasteiger partial charge < -0.3 is 10.1 Å². The van der Waals surface area contributed by atoms with E-state index in [9.17, 15) is 13.6 Å². The number of nitrogens with one attached hydrogen (secondary N) is 1. The Morgan fingerprint density at radius 2 is 2.04 bits per heavy atom. The highest BCUT2D eigenvalue weighted by atomic mass is 79.9. The van der Waals surface area contributed by atoms with Crippen LogP contribution in [0.2, 0.25) is 0 Å². The molecule has 9 heteroatoms. The van der Waals surface area contributed by atoms with E-state index in [1.807, 2.05) is 0 Å². The molecule has 3 rings (SSSR count). The van der Waals surface area contributed by atoms with Crippen molar-refractivity contribution in [2.75, 3.05) is 0 Å². The lowest BCUT2D eigenvalue weighted by atomic mass is 9.81. The summed E-state index contributed by atoms with van der Waals surface area (Å²) in [4.78, 5) is 21.1. The van der Waals surface area contributed by atoms with Crippen molar-refractivity contribution in [2.24, 2.45) is 5.92 Å². The van der Waals surface area contributed by atoms with Gasteiger partial charge in [-0.25, -0.2) is 23.5 Å². The minimum Gasteiger partial charge on any atom is -0.444 e. The number of hydrogen-bond acceptors (Lipinski definition) is 4. The highest BCUT2D eigenvalue weighted by molar-refractivity contribution is 9.10. The van der Waals surface area contributed by atoms with Crippen molar-refractivity contribution in [1.29, 1.82) is 0 Å². The normalized spacial score (nSPS) is 19.0. The third-order valence-electron chi connectivity index (χ3n) is 4.53. The van der Waals surface area contributed by atoms with Crippen LogP contribution in [0.4, 0.5) is 13.6 Å². The molecule has 2 heterocycles. The molecule has 148 valence electrons. The molecule has 1 N–H and O–H groups in total. The summed E-state index contributed by atoms with van der Waals surface area (Å²) in [6, 6.07) is 1.26. The molecule has 0 saturated heterocycles. The van der Waals surface area contributed by atoms with E-state index in [0.717, 1.165) is 0 Å². The first-order valence-electron chi connectivity index (χ1n) is 8.91. The average molecular weight is 445 g/mol. The second kappa shape index (κ2) is 7.33. The van der Waals surface area contributed by atoms with E-state index in [1.54, 1.807) is 43.6 Å². The van der Waals surface area contributed by atoms with Gasteiger partial charge in [-0.05, 0) is 61.5 Å². The largest absolute Gasteiger partial charge is 0.444 e. The summed E-state index contributed by atoms with van der Waals surface area (Å²) in [6.07, 6.45) is 3.20. The van der Waals surface area contributed by atoms with Crippen LogP contribution in [0.15, 0.2) is 23.1 Å². The zero-order valence-electron chi connectivity index (χ0n) is 15.5. The Bertz CT molecular complexity index is 824. The van der Waals surface area contributed by atoms with E-state index in [-0.39, 0.29) is 18.8 Å². The van der Waals surface area contributed by atoms with Crippen molar-refractivity contribution < 1.29 is 18.3 Å². The van der Waals surface area contributed by atoms with Crippen molar-refractivity contribution in [3.8, 4) is 0 Å². The van der Waals surface area contributed by atoms with E-state index in [4.69, 9.17) is 4.74 Å². The van der Waals surface area contributed by atoms with Gasteiger partial charge in [0.25, 0.3) is 0 Å². The number of rotatable bonds is 3. The van der Waals surface area contributed by atoms with Crippen molar-refractivity contribution in [2.45, 2.75) is 64.0 Å². The van der Waals surface area contributed by atoms with Gasteiger partial charge in [-0.1, -0.05) is 0 Å². The van der Waals surface area contributed by atoms with Crippen molar-refractivity contribution in [3.63, 3.8) is 0 Å². The SMILES string of the molecule is CC(C)(C)OC(=O)N[C@H](c1cn2ccc(Br)nc2n1)C1CCC(F)(F)CC1. The molecule has 27 heavy (non-hydrogen) atoms. The molecule has 6 nitrogen and oxygen atoms in total. The summed E-state index contributed by atoms with van der Waals surface area (Å²) >= 11 is 3.30. The lowest BCUT2D eigenvalue weighted by Gasteiger charge is -2.33. The highest BCUT2D eigenvalue weighted by Gasteiger charge is 2.39. The molecule has 1 atom stereocenters. The van der Waals surface area contributed by atoms with Gasteiger partial charge in [0.2, 0.25) is 11.7 Å². The Kier molecular flexibility index (Phi) is 5.42. The fourth-order valence-corrected chi connectivity index (χ4v) is 3.56. The van der Waals surface area contributed by atoms with Crippen LogP contribution in [-0.2, 0) is 4.74 Å². The second-order valence-electron chi connectivity index (χ2n) is 7.94. The fraction of sp³-hybridized carbons (Fsp3) is 0.611. The lowest BCUT2D eigenvalue weighted by Crippen LogP contribution is -2.40. The molecule has 0 aliphatic heterocycles. The van der Waals surface area contributed by atoms with Crippen LogP contribution in [0.3, 0.4) is 0 Å². The van der Waals surface area contributed by atoms with Crippen LogP contribution in [0, 0.1) is 5.92 Å². The minimum absolute atomic E-state index is 0.148. The number of alkyl carbamates (subject to hydrolysis) is 1. The zero-order chi connectivity index (χ0) is 19.8. The van der Waals surface area contributed by atoms with Crippen LogP contribution in [-0.4, -0.2) is 32.0 Å². The summed E-state index contributed by atoms with van der Waals surface area (Å²) < 4.78 is 34.9. The Morgan fingerprint density at radius 3 is 2.67 bits per heavy atom. The van der Waals surface area contributed by atoms with Gasteiger partial charge in [-0.3, -0.25) is 4.40 Å². The van der Waals surface area contributed by atoms with Gasteiger partial charge >= 0.3 is 6.09 Å². The van der Waals surface area contributed by atoms with E-state index in [1.165, 1.54) is 0 Å². The molecule has 0 unspecified atom stereocenters. The van der Waals surface area contributed by atoms with Gasteiger partial charge in [0, 0.05) is 25.2 Å². The minimum atomic E-state index is -2.64. The molecular formula is C18H23BrF2N4O2. The van der Waals surface area contributed by atoms with Gasteiger partial charge in [-0.2, -0.15) is 0 Å². The van der Waals surface area contributed by atoms with Crippen LogP contribution in [0.1, 0.15) is 58.2 Å². The van der Waals surface area contributed by atoms with Gasteiger partial charge in [0.15, 0.2) is 0 Å². The number of imidazole rings is 1. The summed E-state index contributed by atoms with van der Waals surface area (Å²) in [7, 11) is 0. The molecule has 1 saturated carbocycles. The fourth-order valence-electron chi connectivity index (χ4n) is 3.28. The van der Waals surface area contributed by atoms with E-state index < -0.39 is 23.7 Å². The third-order valence-corrected chi connectivity index (χ3v) is 4.98. The van der Waals surface area contributed by atoms with E-state index in [0.29, 0.717) is 28.9 Å². The summed E-state index contributed by atoms with van der Waals surface area (Å²) in [5, 5.41) is 2.84. The molecule has 1 fully saturated rings. The lowest BCUT2D eigenvalue weighted by molar-refractivity contribution is -0.0500. The number of alkyl halides is 2. The van der Waals surface area contributed by atoms with Gasteiger partial charge in [0.05, 0.1) is 11.7 Å². The first-order chi connectivity index (χ1) is 12.5. The maximum absolute atomic E-state index is 13.6. The van der Waals surface area contributed by atoms with Crippen molar-refractivity contribution >= 4 is 27.8 Å². The van der Waals surface area contributed by atoms with E-state index in [2.05, 4.69) is 31.2 Å². The quantitative estimate of drug-likeness (QED) is 0.684. The molecule has 2 aromatic rings.